The van der Waals surface area contributed by atoms with Gasteiger partial charge in [-0.05, 0) is 18.6 Å². The molecule has 1 aromatic heterocycles. The standard InChI is InChI=1S/C17H17N3O/c1-2-13-19-16(14-9-5-3-6-10-14)18-20(17(19)21)15-11-7-4-8-12-15/h3-12H,2,13H2,1H3. The van der Waals surface area contributed by atoms with E-state index >= 15 is 0 Å². The number of hydrogen-bond donors (Lipinski definition) is 0. The summed E-state index contributed by atoms with van der Waals surface area (Å²) in [5.41, 5.74) is 1.65. The normalized spacial score (nSPS) is 10.7. The predicted octanol–water partition coefficient (Wildman–Crippen LogP) is 3.11. The zero-order valence-corrected chi connectivity index (χ0v) is 11.9. The lowest BCUT2D eigenvalue weighted by Crippen LogP contribution is -2.24. The second kappa shape index (κ2) is 5.79. The van der Waals surface area contributed by atoms with Crippen LogP contribution < -0.4 is 5.69 Å². The number of para-hydroxylation sites is 1. The third kappa shape index (κ3) is 2.52. The van der Waals surface area contributed by atoms with Crippen molar-refractivity contribution in [3.05, 3.63) is 71.1 Å². The summed E-state index contributed by atoms with van der Waals surface area (Å²) in [6, 6.07) is 19.3. The van der Waals surface area contributed by atoms with Crippen LogP contribution in [-0.4, -0.2) is 14.3 Å². The molecule has 1 heterocycles. The van der Waals surface area contributed by atoms with Crippen LogP contribution in [0.4, 0.5) is 0 Å². The summed E-state index contributed by atoms with van der Waals surface area (Å²) < 4.78 is 3.21. The molecular formula is C17H17N3O. The van der Waals surface area contributed by atoms with Crippen LogP contribution in [0.3, 0.4) is 0 Å². The molecule has 0 fully saturated rings. The van der Waals surface area contributed by atoms with Crippen LogP contribution in [0.5, 0.6) is 0 Å². The van der Waals surface area contributed by atoms with E-state index in [2.05, 4.69) is 12.0 Å². The number of hydrogen-bond acceptors (Lipinski definition) is 2. The first-order valence-electron chi connectivity index (χ1n) is 7.12. The number of aromatic nitrogens is 3. The van der Waals surface area contributed by atoms with Gasteiger partial charge in [0.25, 0.3) is 0 Å². The highest BCUT2D eigenvalue weighted by molar-refractivity contribution is 5.55. The van der Waals surface area contributed by atoms with Crippen LogP contribution in [-0.2, 0) is 6.54 Å². The first-order chi connectivity index (χ1) is 10.3. The summed E-state index contributed by atoms with van der Waals surface area (Å²) in [7, 11) is 0. The molecule has 0 bridgehead atoms. The minimum Gasteiger partial charge on any atom is -0.275 e. The van der Waals surface area contributed by atoms with Crippen molar-refractivity contribution in [3.8, 4) is 17.1 Å². The van der Waals surface area contributed by atoms with Gasteiger partial charge in [-0.1, -0.05) is 55.5 Å². The van der Waals surface area contributed by atoms with Crippen molar-refractivity contribution in [1.82, 2.24) is 14.3 Å². The van der Waals surface area contributed by atoms with E-state index in [0.717, 1.165) is 17.7 Å². The maximum atomic E-state index is 12.6. The van der Waals surface area contributed by atoms with Crippen LogP contribution in [0, 0.1) is 0 Å². The monoisotopic (exact) mass is 279 g/mol. The minimum absolute atomic E-state index is 0.0955. The van der Waals surface area contributed by atoms with Gasteiger partial charge in [-0.25, -0.2) is 4.79 Å². The molecule has 0 N–H and O–H groups in total. The van der Waals surface area contributed by atoms with Crippen molar-refractivity contribution in [3.63, 3.8) is 0 Å². The Balaban J connectivity index is 2.19. The SMILES string of the molecule is CCCn1c(-c2ccccc2)nn(-c2ccccc2)c1=O. The molecule has 2 aromatic carbocycles. The van der Waals surface area contributed by atoms with E-state index in [1.807, 2.05) is 60.7 Å². The van der Waals surface area contributed by atoms with Crippen LogP contribution in [0.1, 0.15) is 13.3 Å². The van der Waals surface area contributed by atoms with Crippen molar-refractivity contribution in [2.75, 3.05) is 0 Å². The molecule has 3 aromatic rings. The third-order valence-electron chi connectivity index (χ3n) is 3.34. The van der Waals surface area contributed by atoms with Crippen molar-refractivity contribution in [1.29, 1.82) is 0 Å². The molecule has 0 unspecified atom stereocenters. The van der Waals surface area contributed by atoms with Gasteiger partial charge >= 0.3 is 5.69 Å². The Hall–Kier alpha value is -2.62. The lowest BCUT2D eigenvalue weighted by Gasteiger charge is -2.02. The second-order valence-electron chi connectivity index (χ2n) is 4.87. The molecule has 0 aliphatic carbocycles. The second-order valence-corrected chi connectivity index (χ2v) is 4.87. The molecule has 0 saturated carbocycles. The summed E-state index contributed by atoms with van der Waals surface area (Å²) in [6.07, 6.45) is 0.889. The van der Waals surface area contributed by atoms with E-state index in [-0.39, 0.29) is 5.69 Å². The number of benzene rings is 2. The Labute approximate surface area is 123 Å². The molecule has 0 aliphatic rings. The van der Waals surface area contributed by atoms with E-state index in [9.17, 15) is 4.79 Å². The minimum atomic E-state index is -0.0955. The average Bonchev–Trinajstić information content (AvgIpc) is 2.87. The molecule has 0 spiro atoms. The Kier molecular flexibility index (Phi) is 3.69. The highest BCUT2D eigenvalue weighted by Crippen LogP contribution is 2.16. The fourth-order valence-corrected chi connectivity index (χ4v) is 2.36. The highest BCUT2D eigenvalue weighted by Gasteiger charge is 2.15. The van der Waals surface area contributed by atoms with Crippen LogP contribution >= 0.6 is 0 Å². The Morgan fingerprint density at radius 3 is 2.19 bits per heavy atom. The van der Waals surface area contributed by atoms with Crippen LogP contribution in [0.2, 0.25) is 0 Å². The van der Waals surface area contributed by atoms with E-state index < -0.39 is 0 Å². The average molecular weight is 279 g/mol. The summed E-state index contributed by atoms with van der Waals surface area (Å²) in [6.45, 7) is 2.72. The van der Waals surface area contributed by atoms with Gasteiger partial charge in [0.2, 0.25) is 0 Å². The van der Waals surface area contributed by atoms with E-state index in [4.69, 9.17) is 0 Å². The van der Waals surface area contributed by atoms with Gasteiger partial charge in [-0.15, -0.1) is 5.10 Å². The smallest absolute Gasteiger partial charge is 0.275 e. The molecule has 0 amide bonds. The summed E-state index contributed by atoms with van der Waals surface area (Å²) >= 11 is 0. The predicted molar refractivity (Wildman–Crippen MR) is 83.6 cm³/mol. The maximum Gasteiger partial charge on any atom is 0.351 e. The van der Waals surface area contributed by atoms with Crippen molar-refractivity contribution in [2.45, 2.75) is 19.9 Å². The molecule has 0 saturated heterocycles. The molecule has 21 heavy (non-hydrogen) atoms. The van der Waals surface area contributed by atoms with Crippen LogP contribution in [0.25, 0.3) is 17.1 Å². The first-order valence-corrected chi connectivity index (χ1v) is 7.12. The van der Waals surface area contributed by atoms with Gasteiger partial charge < -0.3 is 0 Å². The summed E-state index contributed by atoms with van der Waals surface area (Å²) in [5, 5.41) is 4.54. The Bertz CT molecular complexity index is 773. The summed E-state index contributed by atoms with van der Waals surface area (Å²) in [4.78, 5) is 12.6. The molecule has 0 radical (unpaired) electrons. The highest BCUT2D eigenvalue weighted by atomic mass is 16.2. The fourth-order valence-electron chi connectivity index (χ4n) is 2.36. The number of nitrogens with zero attached hydrogens (tertiary/aromatic N) is 3. The molecule has 106 valence electrons. The van der Waals surface area contributed by atoms with Crippen molar-refractivity contribution < 1.29 is 0 Å². The molecular weight excluding hydrogens is 262 g/mol. The zero-order chi connectivity index (χ0) is 14.7. The largest absolute Gasteiger partial charge is 0.351 e. The fraction of sp³-hybridized carbons (Fsp3) is 0.176. The van der Waals surface area contributed by atoms with Gasteiger partial charge in [0.15, 0.2) is 5.82 Å². The lowest BCUT2D eigenvalue weighted by atomic mass is 10.2. The van der Waals surface area contributed by atoms with E-state index in [1.54, 1.807) is 4.57 Å². The lowest BCUT2D eigenvalue weighted by molar-refractivity contribution is 0.652. The van der Waals surface area contributed by atoms with E-state index in [1.165, 1.54) is 4.68 Å². The number of rotatable bonds is 4. The third-order valence-corrected chi connectivity index (χ3v) is 3.34. The van der Waals surface area contributed by atoms with Gasteiger partial charge in [0.1, 0.15) is 0 Å². The van der Waals surface area contributed by atoms with Gasteiger partial charge in [0, 0.05) is 12.1 Å². The van der Waals surface area contributed by atoms with Crippen LogP contribution in [0.15, 0.2) is 65.5 Å². The van der Waals surface area contributed by atoms with Gasteiger partial charge in [-0.2, -0.15) is 4.68 Å². The maximum absolute atomic E-state index is 12.6. The van der Waals surface area contributed by atoms with Gasteiger partial charge in [-0.3, -0.25) is 4.57 Å². The Morgan fingerprint density at radius 1 is 0.952 bits per heavy atom. The Morgan fingerprint density at radius 2 is 1.57 bits per heavy atom. The van der Waals surface area contributed by atoms with Crippen molar-refractivity contribution in [2.24, 2.45) is 0 Å². The molecule has 0 atom stereocenters. The van der Waals surface area contributed by atoms with Gasteiger partial charge in [0.05, 0.1) is 5.69 Å². The molecule has 0 aliphatic heterocycles. The first kappa shape index (κ1) is 13.4. The topological polar surface area (TPSA) is 39.8 Å². The molecule has 3 rings (SSSR count). The van der Waals surface area contributed by atoms with E-state index in [0.29, 0.717) is 12.4 Å². The molecule has 4 nitrogen and oxygen atoms in total. The zero-order valence-electron chi connectivity index (χ0n) is 11.9. The van der Waals surface area contributed by atoms with Crippen molar-refractivity contribution >= 4 is 0 Å². The molecule has 4 heteroatoms. The summed E-state index contributed by atoms with van der Waals surface area (Å²) in [5.74, 6) is 0.714. The quantitative estimate of drug-likeness (QED) is 0.736.